The summed E-state index contributed by atoms with van der Waals surface area (Å²) in [5.74, 6) is 1.61. The van der Waals surface area contributed by atoms with Gasteiger partial charge in [0.2, 0.25) is 5.95 Å². The first-order valence-corrected chi connectivity index (χ1v) is 9.46. The summed E-state index contributed by atoms with van der Waals surface area (Å²) in [4.78, 5) is 22.8. The number of nitrogens with one attached hydrogen (secondary N) is 2. The van der Waals surface area contributed by atoms with Crippen LogP contribution in [0.4, 0.5) is 11.6 Å². The van der Waals surface area contributed by atoms with Gasteiger partial charge in [0, 0.05) is 18.9 Å². The third-order valence-electron chi connectivity index (χ3n) is 4.09. The lowest BCUT2D eigenvalue weighted by Gasteiger charge is -2.12. The lowest BCUT2D eigenvalue weighted by molar-refractivity contribution is 0.0951. The largest absolute Gasteiger partial charge is 0.455 e. The van der Waals surface area contributed by atoms with Crippen LogP contribution in [0, 0.1) is 0 Å². The molecule has 0 aliphatic carbocycles. The second-order valence-corrected chi connectivity index (χ2v) is 6.74. The minimum absolute atomic E-state index is 0.178. The number of carbonyl (C=O) groups is 1. The van der Waals surface area contributed by atoms with Crippen molar-refractivity contribution in [2.75, 3.05) is 32.5 Å². The fourth-order valence-electron chi connectivity index (χ4n) is 2.60. The summed E-state index contributed by atoms with van der Waals surface area (Å²) in [5, 5.41) is 6.01. The van der Waals surface area contributed by atoms with Gasteiger partial charge >= 0.3 is 0 Å². The van der Waals surface area contributed by atoms with Gasteiger partial charge in [-0.3, -0.25) is 4.79 Å². The smallest absolute Gasteiger partial charge is 0.254 e. The molecule has 2 N–H and O–H groups in total. The van der Waals surface area contributed by atoms with Gasteiger partial charge in [-0.05, 0) is 51.3 Å². The van der Waals surface area contributed by atoms with Crippen LogP contribution in [0.25, 0.3) is 0 Å². The van der Waals surface area contributed by atoms with E-state index in [1.54, 1.807) is 0 Å². The Balaban J connectivity index is 1.61. The molecule has 0 bridgehead atoms. The molecular formula is C22H25N5O2. The maximum atomic E-state index is 12.2. The molecule has 29 heavy (non-hydrogen) atoms. The quantitative estimate of drug-likeness (QED) is 0.542. The Hall–Kier alpha value is -3.45. The van der Waals surface area contributed by atoms with Crippen molar-refractivity contribution in [3.8, 4) is 11.5 Å². The molecule has 0 saturated heterocycles. The zero-order chi connectivity index (χ0) is 20.5. The summed E-state index contributed by atoms with van der Waals surface area (Å²) in [6, 6.07) is 17.1. The molecule has 3 aromatic rings. The maximum Gasteiger partial charge on any atom is 0.254 e. The number of para-hydroxylation sites is 3. The topological polar surface area (TPSA) is 79.4 Å². The highest BCUT2D eigenvalue weighted by Gasteiger charge is 2.09. The lowest BCUT2D eigenvalue weighted by atomic mass is 10.3. The highest BCUT2D eigenvalue weighted by molar-refractivity contribution is 5.93. The van der Waals surface area contributed by atoms with Crippen LogP contribution >= 0.6 is 0 Å². The summed E-state index contributed by atoms with van der Waals surface area (Å²) in [6.07, 6.45) is 3.91. The van der Waals surface area contributed by atoms with Gasteiger partial charge in [-0.15, -0.1) is 0 Å². The first-order chi connectivity index (χ1) is 14.1. The van der Waals surface area contributed by atoms with E-state index in [0.29, 0.717) is 23.8 Å². The predicted molar refractivity (Wildman–Crippen MR) is 114 cm³/mol. The fourth-order valence-corrected chi connectivity index (χ4v) is 2.60. The van der Waals surface area contributed by atoms with Gasteiger partial charge in [-0.25, -0.2) is 9.97 Å². The highest BCUT2D eigenvalue weighted by atomic mass is 16.5. The van der Waals surface area contributed by atoms with Gasteiger partial charge in [-0.2, -0.15) is 0 Å². The maximum absolute atomic E-state index is 12.2. The molecule has 0 unspecified atom stereocenters. The number of carbonyl (C=O) groups excluding carboxylic acids is 1. The van der Waals surface area contributed by atoms with Crippen molar-refractivity contribution in [3.63, 3.8) is 0 Å². The molecule has 0 atom stereocenters. The van der Waals surface area contributed by atoms with E-state index in [1.807, 2.05) is 68.7 Å². The van der Waals surface area contributed by atoms with Crippen molar-refractivity contribution >= 4 is 17.5 Å². The molecule has 3 rings (SSSR count). The average molecular weight is 391 g/mol. The lowest BCUT2D eigenvalue weighted by Crippen LogP contribution is -2.27. The Labute approximate surface area is 170 Å². The number of ether oxygens (including phenoxy) is 1. The normalized spacial score (nSPS) is 10.6. The zero-order valence-electron chi connectivity index (χ0n) is 16.6. The number of rotatable bonds is 9. The fraction of sp³-hybridized carbons (Fsp3) is 0.227. The van der Waals surface area contributed by atoms with Crippen LogP contribution in [0.2, 0.25) is 0 Å². The number of nitrogens with zero attached hydrogens (tertiary/aromatic N) is 3. The van der Waals surface area contributed by atoms with Crippen LogP contribution in [0.5, 0.6) is 11.5 Å². The number of amides is 1. The highest BCUT2D eigenvalue weighted by Crippen LogP contribution is 2.30. The molecule has 1 amide bonds. The van der Waals surface area contributed by atoms with E-state index in [0.717, 1.165) is 24.4 Å². The molecule has 0 spiro atoms. The van der Waals surface area contributed by atoms with E-state index < -0.39 is 0 Å². The van der Waals surface area contributed by atoms with Crippen LogP contribution in [0.1, 0.15) is 16.8 Å². The summed E-state index contributed by atoms with van der Waals surface area (Å²) in [5.41, 5.74) is 1.16. The van der Waals surface area contributed by atoms with Crippen molar-refractivity contribution in [3.05, 3.63) is 72.6 Å². The minimum Gasteiger partial charge on any atom is -0.455 e. The molecule has 7 heteroatoms. The number of anilines is 2. The molecule has 1 aromatic heterocycles. The molecular weight excluding hydrogens is 366 g/mol. The summed E-state index contributed by atoms with van der Waals surface area (Å²) in [7, 11) is 4.01. The standard InChI is InChI=1S/C22H25N5O2/c1-27(2)14-8-13-23-21(28)17-15-24-22(25-16-17)26-19-11-6-7-12-20(19)29-18-9-4-3-5-10-18/h3-7,9-12,15-16H,8,13-14H2,1-2H3,(H,23,28)(H,24,25,26). The van der Waals surface area contributed by atoms with Gasteiger partial charge < -0.3 is 20.3 Å². The number of hydrogen-bond acceptors (Lipinski definition) is 6. The summed E-state index contributed by atoms with van der Waals surface area (Å²) < 4.78 is 5.93. The minimum atomic E-state index is -0.178. The molecule has 150 valence electrons. The third kappa shape index (κ3) is 6.29. The second-order valence-electron chi connectivity index (χ2n) is 6.74. The number of hydrogen-bond donors (Lipinski definition) is 2. The Morgan fingerprint density at radius 3 is 2.41 bits per heavy atom. The van der Waals surface area contributed by atoms with Crippen LogP contribution in [0.3, 0.4) is 0 Å². The molecule has 0 radical (unpaired) electrons. The summed E-state index contributed by atoms with van der Waals surface area (Å²) >= 11 is 0. The van der Waals surface area contributed by atoms with E-state index in [2.05, 4.69) is 25.5 Å². The van der Waals surface area contributed by atoms with Crippen molar-refractivity contribution in [1.82, 2.24) is 20.2 Å². The molecule has 7 nitrogen and oxygen atoms in total. The van der Waals surface area contributed by atoms with E-state index in [-0.39, 0.29) is 5.91 Å². The molecule has 1 heterocycles. The van der Waals surface area contributed by atoms with Gasteiger partial charge in [0.15, 0.2) is 5.75 Å². The van der Waals surface area contributed by atoms with Gasteiger partial charge in [0.05, 0.1) is 11.3 Å². The van der Waals surface area contributed by atoms with Gasteiger partial charge in [-0.1, -0.05) is 30.3 Å². The Kier molecular flexibility index (Phi) is 7.13. The monoisotopic (exact) mass is 391 g/mol. The summed E-state index contributed by atoms with van der Waals surface area (Å²) in [6.45, 7) is 1.53. The van der Waals surface area contributed by atoms with Crippen LogP contribution in [-0.4, -0.2) is 48.0 Å². The molecule has 0 aliphatic rings. The van der Waals surface area contributed by atoms with Crippen LogP contribution < -0.4 is 15.4 Å². The Morgan fingerprint density at radius 2 is 1.69 bits per heavy atom. The molecule has 2 aromatic carbocycles. The first-order valence-electron chi connectivity index (χ1n) is 9.46. The van der Waals surface area contributed by atoms with Crippen molar-refractivity contribution in [2.45, 2.75) is 6.42 Å². The number of benzene rings is 2. The van der Waals surface area contributed by atoms with Crippen molar-refractivity contribution in [2.24, 2.45) is 0 Å². The molecule has 0 saturated carbocycles. The Bertz CT molecular complexity index is 914. The first kappa shape index (κ1) is 20.3. The van der Waals surface area contributed by atoms with Crippen molar-refractivity contribution < 1.29 is 9.53 Å². The van der Waals surface area contributed by atoms with Crippen molar-refractivity contribution in [1.29, 1.82) is 0 Å². The predicted octanol–water partition coefficient (Wildman–Crippen LogP) is 3.69. The van der Waals surface area contributed by atoms with Gasteiger partial charge in [0.25, 0.3) is 5.91 Å². The van der Waals surface area contributed by atoms with Gasteiger partial charge in [0.1, 0.15) is 5.75 Å². The number of aromatic nitrogens is 2. The second kappa shape index (κ2) is 10.2. The van der Waals surface area contributed by atoms with Crippen LogP contribution in [-0.2, 0) is 0 Å². The van der Waals surface area contributed by atoms with E-state index in [9.17, 15) is 4.79 Å². The molecule has 0 fully saturated rings. The van der Waals surface area contributed by atoms with Crippen LogP contribution in [0.15, 0.2) is 67.0 Å². The SMILES string of the molecule is CN(C)CCCNC(=O)c1cnc(Nc2ccccc2Oc2ccccc2)nc1. The average Bonchev–Trinajstić information content (AvgIpc) is 2.74. The third-order valence-corrected chi connectivity index (χ3v) is 4.09. The zero-order valence-corrected chi connectivity index (χ0v) is 16.6. The van der Waals surface area contributed by atoms with E-state index >= 15 is 0 Å². The van der Waals surface area contributed by atoms with E-state index in [4.69, 9.17) is 4.74 Å². The van der Waals surface area contributed by atoms with E-state index in [1.165, 1.54) is 12.4 Å². The molecule has 0 aliphatic heterocycles. The Morgan fingerprint density at radius 1 is 1.00 bits per heavy atom.